The van der Waals surface area contributed by atoms with Crippen LogP contribution in [0.5, 0.6) is 0 Å². The summed E-state index contributed by atoms with van der Waals surface area (Å²) in [6.07, 6.45) is 2.50. The van der Waals surface area contributed by atoms with Gasteiger partial charge in [0.1, 0.15) is 0 Å². The van der Waals surface area contributed by atoms with Gasteiger partial charge in [0, 0.05) is 6.04 Å². The van der Waals surface area contributed by atoms with Crippen molar-refractivity contribution in [3.8, 4) is 0 Å². The smallest absolute Gasteiger partial charge is 0.243 e. The van der Waals surface area contributed by atoms with Gasteiger partial charge in [-0.15, -0.1) is 5.10 Å². The Kier molecular flexibility index (Phi) is 3.08. The maximum absolute atomic E-state index is 4.41. The molecule has 1 fully saturated rings. The quantitative estimate of drug-likeness (QED) is 0.831. The molecule has 0 bridgehead atoms. The molecular weight excluding hydrogens is 200 g/mol. The van der Waals surface area contributed by atoms with Crippen molar-refractivity contribution in [2.75, 3.05) is 5.32 Å². The first-order valence-corrected chi connectivity index (χ1v) is 6.02. The van der Waals surface area contributed by atoms with Crippen LogP contribution in [0.1, 0.15) is 38.1 Å². The molecule has 1 aromatic heterocycles. The maximum Gasteiger partial charge on any atom is 0.243 e. The summed E-state index contributed by atoms with van der Waals surface area (Å²) >= 11 is 0. The average molecular weight is 220 g/mol. The third kappa shape index (κ3) is 2.15. The van der Waals surface area contributed by atoms with E-state index in [1.807, 2.05) is 13.8 Å². The second-order valence-electron chi connectivity index (χ2n) is 4.97. The number of hydrogen-bond donors (Lipinski definition) is 1. The summed E-state index contributed by atoms with van der Waals surface area (Å²) in [4.78, 5) is 4.41. The Balaban J connectivity index is 2.07. The minimum absolute atomic E-state index is 0.499. The predicted octanol–water partition coefficient (Wildman–Crippen LogP) is 2.33. The zero-order valence-corrected chi connectivity index (χ0v) is 10.5. The normalized spacial score (nSPS) is 29.4. The van der Waals surface area contributed by atoms with Crippen molar-refractivity contribution in [3.05, 3.63) is 11.4 Å². The highest BCUT2D eigenvalue weighted by Gasteiger charge is 2.30. The van der Waals surface area contributed by atoms with Gasteiger partial charge in [0.25, 0.3) is 0 Å². The SMILES string of the molecule is Cc1nnc(NC2CCC(C)C2C)nc1C. The summed E-state index contributed by atoms with van der Waals surface area (Å²) in [6.45, 7) is 8.50. The second kappa shape index (κ2) is 4.36. The Labute approximate surface area is 96.9 Å². The van der Waals surface area contributed by atoms with E-state index < -0.39 is 0 Å². The molecule has 3 unspecified atom stereocenters. The Morgan fingerprint density at radius 1 is 1.06 bits per heavy atom. The molecule has 1 aromatic rings. The molecular formula is C12H20N4. The van der Waals surface area contributed by atoms with Crippen molar-refractivity contribution in [3.63, 3.8) is 0 Å². The minimum atomic E-state index is 0.499. The van der Waals surface area contributed by atoms with Crippen molar-refractivity contribution in [1.82, 2.24) is 15.2 Å². The summed E-state index contributed by atoms with van der Waals surface area (Å²) in [5, 5.41) is 11.6. The monoisotopic (exact) mass is 220 g/mol. The van der Waals surface area contributed by atoms with E-state index in [4.69, 9.17) is 0 Å². The highest BCUT2D eigenvalue weighted by atomic mass is 15.2. The summed E-state index contributed by atoms with van der Waals surface area (Å²) < 4.78 is 0. The number of nitrogens with zero attached hydrogens (tertiary/aromatic N) is 3. The molecule has 4 nitrogen and oxygen atoms in total. The molecule has 16 heavy (non-hydrogen) atoms. The topological polar surface area (TPSA) is 50.7 Å². The number of hydrogen-bond acceptors (Lipinski definition) is 4. The van der Waals surface area contributed by atoms with Gasteiger partial charge in [-0.3, -0.25) is 0 Å². The van der Waals surface area contributed by atoms with Gasteiger partial charge < -0.3 is 5.32 Å². The number of anilines is 1. The summed E-state index contributed by atoms with van der Waals surface area (Å²) in [5.74, 6) is 2.15. The van der Waals surface area contributed by atoms with Crippen LogP contribution in [0.3, 0.4) is 0 Å². The van der Waals surface area contributed by atoms with Gasteiger partial charge in [-0.2, -0.15) is 5.10 Å². The second-order valence-corrected chi connectivity index (χ2v) is 4.97. The fourth-order valence-electron chi connectivity index (χ4n) is 2.25. The lowest BCUT2D eigenvalue weighted by molar-refractivity contribution is 0.434. The standard InChI is InChI=1S/C12H20N4/c1-7-5-6-11(8(7)2)14-12-13-9(3)10(4)15-16-12/h7-8,11H,5-6H2,1-4H3,(H,13,14,16). The molecule has 1 heterocycles. The van der Waals surface area contributed by atoms with E-state index in [-0.39, 0.29) is 0 Å². The van der Waals surface area contributed by atoms with Gasteiger partial charge in [0.2, 0.25) is 5.95 Å². The minimum Gasteiger partial charge on any atom is -0.350 e. The van der Waals surface area contributed by atoms with Gasteiger partial charge >= 0.3 is 0 Å². The molecule has 0 spiro atoms. The average Bonchev–Trinajstić information content (AvgIpc) is 2.55. The van der Waals surface area contributed by atoms with Gasteiger partial charge in [-0.05, 0) is 38.5 Å². The number of aromatic nitrogens is 3. The van der Waals surface area contributed by atoms with Crippen molar-refractivity contribution in [1.29, 1.82) is 0 Å². The molecule has 88 valence electrons. The van der Waals surface area contributed by atoms with Crippen LogP contribution in [0.25, 0.3) is 0 Å². The van der Waals surface area contributed by atoms with Gasteiger partial charge in [0.05, 0.1) is 11.4 Å². The molecule has 1 saturated carbocycles. The van der Waals surface area contributed by atoms with Crippen LogP contribution in [-0.2, 0) is 0 Å². The summed E-state index contributed by atoms with van der Waals surface area (Å²) in [6, 6.07) is 0.499. The van der Waals surface area contributed by atoms with E-state index in [0.717, 1.165) is 17.3 Å². The molecule has 0 aliphatic heterocycles. The number of nitrogens with one attached hydrogen (secondary N) is 1. The molecule has 0 saturated heterocycles. The third-order valence-electron chi connectivity index (χ3n) is 3.87. The highest BCUT2D eigenvalue weighted by molar-refractivity contribution is 5.27. The lowest BCUT2D eigenvalue weighted by Gasteiger charge is -2.19. The van der Waals surface area contributed by atoms with E-state index in [1.54, 1.807) is 0 Å². The fraction of sp³-hybridized carbons (Fsp3) is 0.750. The Morgan fingerprint density at radius 2 is 1.81 bits per heavy atom. The molecule has 1 N–H and O–H groups in total. The maximum atomic E-state index is 4.41. The largest absolute Gasteiger partial charge is 0.350 e. The van der Waals surface area contributed by atoms with E-state index in [2.05, 4.69) is 34.3 Å². The van der Waals surface area contributed by atoms with E-state index in [0.29, 0.717) is 17.9 Å². The number of aryl methyl sites for hydroxylation is 2. The van der Waals surface area contributed by atoms with E-state index in [9.17, 15) is 0 Å². The first-order valence-electron chi connectivity index (χ1n) is 6.02. The molecule has 4 heteroatoms. The zero-order valence-electron chi connectivity index (χ0n) is 10.5. The van der Waals surface area contributed by atoms with E-state index >= 15 is 0 Å². The van der Waals surface area contributed by atoms with E-state index in [1.165, 1.54) is 12.8 Å². The summed E-state index contributed by atoms with van der Waals surface area (Å²) in [5.41, 5.74) is 1.86. The van der Waals surface area contributed by atoms with Crippen LogP contribution in [0, 0.1) is 25.7 Å². The first kappa shape index (κ1) is 11.3. The first-order chi connectivity index (χ1) is 7.58. The molecule has 1 aliphatic rings. The van der Waals surface area contributed by atoms with Crippen molar-refractivity contribution < 1.29 is 0 Å². The molecule has 0 radical (unpaired) electrons. The third-order valence-corrected chi connectivity index (χ3v) is 3.87. The van der Waals surface area contributed by atoms with Crippen molar-refractivity contribution in [2.24, 2.45) is 11.8 Å². The molecule has 3 atom stereocenters. The Bertz CT molecular complexity index is 377. The zero-order chi connectivity index (χ0) is 11.7. The van der Waals surface area contributed by atoms with Gasteiger partial charge in [-0.25, -0.2) is 4.98 Å². The predicted molar refractivity (Wildman–Crippen MR) is 64.3 cm³/mol. The number of rotatable bonds is 2. The molecule has 0 amide bonds. The molecule has 2 rings (SSSR count). The Hall–Kier alpha value is -1.19. The van der Waals surface area contributed by atoms with Crippen LogP contribution in [0.15, 0.2) is 0 Å². The Morgan fingerprint density at radius 3 is 2.38 bits per heavy atom. The lowest BCUT2D eigenvalue weighted by Crippen LogP contribution is -2.25. The van der Waals surface area contributed by atoms with Gasteiger partial charge in [-0.1, -0.05) is 13.8 Å². The fourth-order valence-corrected chi connectivity index (χ4v) is 2.25. The van der Waals surface area contributed by atoms with Gasteiger partial charge in [0.15, 0.2) is 0 Å². The molecule has 1 aliphatic carbocycles. The van der Waals surface area contributed by atoms with Crippen molar-refractivity contribution >= 4 is 5.95 Å². The van der Waals surface area contributed by atoms with Crippen LogP contribution in [-0.4, -0.2) is 21.2 Å². The highest BCUT2D eigenvalue weighted by Crippen LogP contribution is 2.32. The lowest BCUT2D eigenvalue weighted by atomic mass is 9.98. The van der Waals surface area contributed by atoms with Crippen LogP contribution in [0.2, 0.25) is 0 Å². The van der Waals surface area contributed by atoms with Crippen LogP contribution < -0.4 is 5.32 Å². The van der Waals surface area contributed by atoms with Crippen LogP contribution >= 0.6 is 0 Å². The van der Waals surface area contributed by atoms with Crippen LogP contribution in [0.4, 0.5) is 5.95 Å². The molecule has 0 aromatic carbocycles. The van der Waals surface area contributed by atoms with Crippen molar-refractivity contribution in [2.45, 2.75) is 46.6 Å². The summed E-state index contributed by atoms with van der Waals surface area (Å²) in [7, 11) is 0.